The fraction of sp³-hybridized carbons (Fsp3) is 0.650. The quantitative estimate of drug-likeness (QED) is 0.737. The summed E-state index contributed by atoms with van der Waals surface area (Å²) in [6.07, 6.45) is 9.42. The largest absolute Gasteiger partial charge is 0.459 e. The Kier molecular flexibility index (Phi) is 6.99. The van der Waals surface area contributed by atoms with Crippen molar-refractivity contribution >= 4 is 5.97 Å². The van der Waals surface area contributed by atoms with Crippen molar-refractivity contribution < 1.29 is 14.7 Å². The van der Waals surface area contributed by atoms with E-state index >= 15 is 0 Å². The first-order valence-corrected chi connectivity index (χ1v) is 8.86. The molecule has 0 aromatic rings. The fourth-order valence-electron chi connectivity index (χ4n) is 3.37. The number of carbonyl (C=O) groups excluding carboxylic acids is 1. The van der Waals surface area contributed by atoms with Gasteiger partial charge >= 0.3 is 5.97 Å². The summed E-state index contributed by atoms with van der Waals surface area (Å²) in [5.41, 5.74) is 0.968. The van der Waals surface area contributed by atoms with Gasteiger partial charge in [0.1, 0.15) is 6.10 Å². The monoisotopic (exact) mass is 335 g/mol. The van der Waals surface area contributed by atoms with E-state index in [4.69, 9.17) is 4.74 Å². The summed E-state index contributed by atoms with van der Waals surface area (Å²) < 4.78 is 5.73. The van der Waals surface area contributed by atoms with Crippen molar-refractivity contribution in [3.63, 3.8) is 0 Å². The van der Waals surface area contributed by atoms with Gasteiger partial charge in [-0.1, -0.05) is 43.7 Å². The van der Waals surface area contributed by atoms with Gasteiger partial charge in [-0.3, -0.25) is 0 Å². The van der Waals surface area contributed by atoms with Crippen LogP contribution in [0.2, 0.25) is 0 Å². The predicted octanol–water partition coefficient (Wildman–Crippen LogP) is 4.80. The van der Waals surface area contributed by atoms with Crippen molar-refractivity contribution in [2.24, 2.45) is 0 Å². The van der Waals surface area contributed by atoms with Crippen LogP contribution in [-0.2, 0) is 9.53 Å². The van der Waals surface area contributed by atoms with Crippen LogP contribution in [0.1, 0.15) is 67.7 Å². The standard InChI is InChI=1S/C18H27NO3.C2H6/c1-13-7-6-8-14(10-9-13)16(20)22-15-11-17(2,3)19(21)18(4,5)12-15;1-2/h6-7,9-10,15,21H,8,11-12H2,1-5H3;1-2H3. The summed E-state index contributed by atoms with van der Waals surface area (Å²) in [5.74, 6) is -0.251. The van der Waals surface area contributed by atoms with Crippen molar-refractivity contribution in [2.45, 2.75) is 84.9 Å². The van der Waals surface area contributed by atoms with E-state index in [1.807, 2.05) is 72.8 Å². The van der Waals surface area contributed by atoms with Crippen LogP contribution < -0.4 is 0 Å². The molecule has 1 aliphatic carbocycles. The van der Waals surface area contributed by atoms with Gasteiger partial charge in [0.05, 0.1) is 0 Å². The second-order valence-corrected chi connectivity index (χ2v) is 7.58. The molecule has 4 nitrogen and oxygen atoms in total. The molecule has 1 fully saturated rings. The number of hydrogen-bond donors (Lipinski definition) is 1. The zero-order valence-corrected chi connectivity index (χ0v) is 16.2. The number of nitrogens with zero attached hydrogens (tertiary/aromatic N) is 1. The lowest BCUT2D eigenvalue weighted by atomic mass is 9.80. The topological polar surface area (TPSA) is 49.8 Å². The van der Waals surface area contributed by atoms with Crippen molar-refractivity contribution in [1.29, 1.82) is 0 Å². The minimum absolute atomic E-state index is 0.181. The van der Waals surface area contributed by atoms with Gasteiger partial charge in [-0.25, -0.2) is 4.79 Å². The molecule has 0 radical (unpaired) electrons. The molecule has 136 valence electrons. The molecule has 0 saturated carbocycles. The molecule has 1 N–H and O–H groups in total. The Labute approximate surface area is 146 Å². The molecule has 0 amide bonds. The first-order chi connectivity index (χ1) is 11.1. The molecular weight excluding hydrogens is 302 g/mol. The van der Waals surface area contributed by atoms with E-state index in [1.165, 1.54) is 5.06 Å². The maximum Gasteiger partial charge on any atom is 0.334 e. The molecule has 0 atom stereocenters. The molecule has 0 unspecified atom stereocenters. The van der Waals surface area contributed by atoms with Crippen LogP contribution in [0.3, 0.4) is 0 Å². The van der Waals surface area contributed by atoms with Gasteiger partial charge in [-0.15, -0.1) is 0 Å². The van der Waals surface area contributed by atoms with Crippen molar-refractivity contribution in [2.75, 3.05) is 0 Å². The molecule has 0 aromatic heterocycles. The van der Waals surface area contributed by atoms with Gasteiger partial charge in [0, 0.05) is 29.5 Å². The molecule has 1 aliphatic heterocycles. The number of piperidine rings is 1. The maximum atomic E-state index is 12.4. The van der Waals surface area contributed by atoms with Gasteiger partial charge in [0.2, 0.25) is 0 Å². The summed E-state index contributed by atoms with van der Waals surface area (Å²) in [4.78, 5) is 12.4. The van der Waals surface area contributed by atoms with Gasteiger partial charge in [0.15, 0.2) is 0 Å². The zero-order chi connectivity index (χ0) is 18.5. The molecule has 0 bridgehead atoms. The number of esters is 1. The molecule has 2 aliphatic rings. The Balaban J connectivity index is 0.00000139. The summed E-state index contributed by atoms with van der Waals surface area (Å²) in [7, 11) is 0. The van der Waals surface area contributed by atoms with Gasteiger partial charge in [0.25, 0.3) is 0 Å². The van der Waals surface area contributed by atoms with Crippen molar-refractivity contribution in [3.8, 4) is 0 Å². The Morgan fingerprint density at radius 3 is 2.25 bits per heavy atom. The summed E-state index contributed by atoms with van der Waals surface area (Å²) in [6, 6.07) is 0. The van der Waals surface area contributed by atoms with E-state index < -0.39 is 11.1 Å². The minimum atomic E-state index is -0.416. The molecule has 0 spiro atoms. The molecule has 2 rings (SSSR count). The SMILES string of the molecule is CC.CC1=CC=C(C(=O)OC2CC(C)(C)N(O)C(C)(C)C2)CC=C1. The van der Waals surface area contributed by atoms with Crippen LogP contribution in [0.5, 0.6) is 0 Å². The van der Waals surface area contributed by atoms with Gasteiger partial charge < -0.3 is 9.94 Å². The Morgan fingerprint density at radius 2 is 1.71 bits per heavy atom. The highest BCUT2D eigenvalue weighted by Gasteiger charge is 2.46. The minimum Gasteiger partial charge on any atom is -0.459 e. The third-order valence-electron chi connectivity index (χ3n) is 4.40. The molecule has 1 saturated heterocycles. The highest BCUT2D eigenvalue weighted by molar-refractivity contribution is 5.89. The van der Waals surface area contributed by atoms with Crippen LogP contribution in [0.4, 0.5) is 0 Å². The van der Waals surface area contributed by atoms with E-state index in [0.717, 1.165) is 5.57 Å². The average Bonchev–Trinajstić information content (AvgIpc) is 2.71. The number of allylic oxidation sites excluding steroid dienone is 5. The van der Waals surface area contributed by atoms with Gasteiger partial charge in [-0.05, 0) is 41.0 Å². The summed E-state index contributed by atoms with van der Waals surface area (Å²) >= 11 is 0. The Morgan fingerprint density at radius 1 is 1.17 bits per heavy atom. The maximum absolute atomic E-state index is 12.4. The van der Waals surface area contributed by atoms with Crippen LogP contribution in [-0.4, -0.2) is 33.4 Å². The summed E-state index contributed by atoms with van der Waals surface area (Å²) in [5, 5.41) is 11.7. The molecular formula is C20H33NO3. The third-order valence-corrected chi connectivity index (χ3v) is 4.40. The third kappa shape index (κ3) is 5.05. The predicted molar refractivity (Wildman–Crippen MR) is 97.8 cm³/mol. The van der Waals surface area contributed by atoms with E-state index in [0.29, 0.717) is 24.8 Å². The normalized spacial score (nSPS) is 23.3. The number of ether oxygens (including phenoxy) is 1. The van der Waals surface area contributed by atoms with E-state index in [-0.39, 0.29) is 12.1 Å². The molecule has 0 aromatic carbocycles. The highest BCUT2D eigenvalue weighted by Crippen LogP contribution is 2.38. The van der Waals surface area contributed by atoms with Crippen LogP contribution in [0, 0.1) is 0 Å². The summed E-state index contributed by atoms with van der Waals surface area (Å²) in [6.45, 7) is 13.9. The van der Waals surface area contributed by atoms with Crippen LogP contribution in [0.25, 0.3) is 0 Å². The fourth-order valence-corrected chi connectivity index (χ4v) is 3.37. The zero-order valence-electron chi connectivity index (χ0n) is 16.2. The first kappa shape index (κ1) is 20.7. The smallest absolute Gasteiger partial charge is 0.334 e. The number of hydroxylamine groups is 2. The molecule has 1 heterocycles. The van der Waals surface area contributed by atoms with Crippen molar-refractivity contribution in [1.82, 2.24) is 5.06 Å². The lowest BCUT2D eigenvalue weighted by Crippen LogP contribution is -2.60. The Hall–Kier alpha value is -1.39. The first-order valence-electron chi connectivity index (χ1n) is 8.86. The lowest BCUT2D eigenvalue weighted by molar-refractivity contribution is -0.259. The van der Waals surface area contributed by atoms with E-state index in [2.05, 4.69) is 0 Å². The van der Waals surface area contributed by atoms with Gasteiger partial charge in [-0.2, -0.15) is 5.06 Å². The lowest BCUT2D eigenvalue weighted by Gasteiger charge is -2.50. The molecule has 24 heavy (non-hydrogen) atoms. The number of rotatable bonds is 2. The average molecular weight is 335 g/mol. The molecule has 4 heteroatoms. The van der Waals surface area contributed by atoms with E-state index in [1.54, 1.807) is 0 Å². The second-order valence-electron chi connectivity index (χ2n) is 7.58. The highest BCUT2D eigenvalue weighted by atomic mass is 16.5. The number of carbonyl (C=O) groups is 1. The van der Waals surface area contributed by atoms with Crippen LogP contribution >= 0.6 is 0 Å². The number of hydrogen-bond acceptors (Lipinski definition) is 4. The second kappa shape index (κ2) is 8.13. The van der Waals surface area contributed by atoms with Crippen LogP contribution in [0.15, 0.2) is 35.5 Å². The van der Waals surface area contributed by atoms with E-state index in [9.17, 15) is 10.0 Å². The van der Waals surface area contributed by atoms with Crippen molar-refractivity contribution in [3.05, 3.63) is 35.5 Å². The Bertz CT molecular complexity index is 523.